The van der Waals surface area contributed by atoms with E-state index in [1.54, 1.807) is 0 Å². The zero-order chi connectivity index (χ0) is 16.0. The Morgan fingerprint density at radius 2 is 1.76 bits per heavy atom. The number of nitrogens with zero attached hydrogens (tertiary/aromatic N) is 2. The number of benzene rings is 1. The molecule has 0 bridgehead atoms. The molecule has 0 saturated carbocycles. The van der Waals surface area contributed by atoms with Gasteiger partial charge >= 0.3 is 12.1 Å². The molecule has 114 valence electrons. The van der Waals surface area contributed by atoms with E-state index in [0.717, 1.165) is 0 Å². The van der Waals surface area contributed by atoms with Gasteiger partial charge in [-0.15, -0.1) is 0 Å². The first kappa shape index (κ1) is 16.2. The Morgan fingerprint density at radius 3 is 2.29 bits per heavy atom. The quantitative estimate of drug-likeness (QED) is 0.549. The van der Waals surface area contributed by atoms with E-state index in [4.69, 9.17) is 16.3 Å². The zero-order valence-electron chi connectivity index (χ0n) is 10.1. The highest BCUT2D eigenvalue weighted by molar-refractivity contribution is 9.10. The van der Waals surface area contributed by atoms with E-state index < -0.39 is 23.1 Å². The highest BCUT2D eigenvalue weighted by Gasteiger charge is 2.61. The number of methoxy groups -OCH3 is 1. The van der Waals surface area contributed by atoms with Crippen molar-refractivity contribution in [3.05, 3.63) is 27.6 Å². The Kier molecular flexibility index (Phi) is 4.00. The SMILES string of the molecule is COc1ccc(Br)c2c(Cl)nc(C(F)(F)C(F)(F)F)nc12. The van der Waals surface area contributed by atoms with Crippen LogP contribution in [0.5, 0.6) is 5.75 Å². The summed E-state index contributed by atoms with van der Waals surface area (Å²) in [7, 11) is 1.22. The van der Waals surface area contributed by atoms with Gasteiger partial charge in [0.15, 0.2) is 0 Å². The summed E-state index contributed by atoms with van der Waals surface area (Å²) >= 11 is 8.81. The summed E-state index contributed by atoms with van der Waals surface area (Å²) < 4.78 is 69.1. The lowest BCUT2D eigenvalue weighted by atomic mass is 10.2. The molecule has 1 heterocycles. The average Bonchev–Trinajstić information content (AvgIpc) is 2.37. The van der Waals surface area contributed by atoms with E-state index in [-0.39, 0.29) is 16.7 Å². The van der Waals surface area contributed by atoms with Crippen molar-refractivity contribution in [2.45, 2.75) is 12.1 Å². The Morgan fingerprint density at radius 1 is 1.14 bits per heavy atom. The van der Waals surface area contributed by atoms with Gasteiger partial charge in [0.2, 0.25) is 5.82 Å². The van der Waals surface area contributed by atoms with E-state index in [1.807, 2.05) is 0 Å². The third kappa shape index (κ3) is 2.64. The molecule has 0 aliphatic heterocycles. The van der Waals surface area contributed by atoms with Crippen molar-refractivity contribution in [2.75, 3.05) is 7.11 Å². The number of rotatable bonds is 2. The molecule has 0 N–H and O–H groups in total. The van der Waals surface area contributed by atoms with Gasteiger partial charge in [-0.1, -0.05) is 11.6 Å². The van der Waals surface area contributed by atoms with Crippen molar-refractivity contribution in [3.63, 3.8) is 0 Å². The molecule has 1 aromatic carbocycles. The molecule has 2 rings (SSSR count). The molecule has 0 atom stereocenters. The van der Waals surface area contributed by atoms with E-state index in [1.165, 1.54) is 19.2 Å². The molecule has 3 nitrogen and oxygen atoms in total. The van der Waals surface area contributed by atoms with Crippen molar-refractivity contribution in [3.8, 4) is 5.75 Å². The molecular weight excluding hydrogens is 386 g/mol. The Balaban J connectivity index is 2.82. The van der Waals surface area contributed by atoms with Crippen LogP contribution in [-0.4, -0.2) is 23.3 Å². The van der Waals surface area contributed by atoms with E-state index >= 15 is 0 Å². The fourth-order valence-electron chi connectivity index (χ4n) is 1.57. The van der Waals surface area contributed by atoms with Crippen molar-refractivity contribution >= 4 is 38.4 Å². The van der Waals surface area contributed by atoms with Crippen LogP contribution in [0.3, 0.4) is 0 Å². The molecular formula is C11H5BrClF5N2O. The number of ether oxygens (including phenoxy) is 1. The molecule has 10 heteroatoms. The predicted molar refractivity (Wildman–Crippen MR) is 68.7 cm³/mol. The van der Waals surface area contributed by atoms with Crippen molar-refractivity contribution in [2.24, 2.45) is 0 Å². The van der Waals surface area contributed by atoms with Gasteiger partial charge in [0.1, 0.15) is 16.4 Å². The van der Waals surface area contributed by atoms with E-state index in [0.29, 0.717) is 4.47 Å². The van der Waals surface area contributed by atoms with Crippen molar-refractivity contribution < 1.29 is 26.7 Å². The maximum absolute atomic E-state index is 13.3. The lowest BCUT2D eigenvalue weighted by Crippen LogP contribution is -2.35. The smallest absolute Gasteiger partial charge is 0.461 e. The van der Waals surface area contributed by atoms with Crippen LogP contribution >= 0.6 is 27.5 Å². The summed E-state index contributed by atoms with van der Waals surface area (Å²) in [6.07, 6.45) is -5.83. The average molecular weight is 392 g/mol. The minimum atomic E-state index is -5.83. The van der Waals surface area contributed by atoms with Crippen molar-refractivity contribution in [1.82, 2.24) is 9.97 Å². The molecule has 0 radical (unpaired) electrons. The molecule has 0 amide bonds. The number of hydrogen-bond acceptors (Lipinski definition) is 3. The van der Waals surface area contributed by atoms with Gasteiger partial charge in [0.05, 0.1) is 12.5 Å². The largest absolute Gasteiger partial charge is 0.494 e. The van der Waals surface area contributed by atoms with Gasteiger partial charge in [-0.05, 0) is 28.1 Å². The fourth-order valence-corrected chi connectivity index (χ4v) is 2.46. The van der Waals surface area contributed by atoms with Crippen molar-refractivity contribution in [1.29, 1.82) is 0 Å². The van der Waals surface area contributed by atoms with Gasteiger partial charge in [-0.3, -0.25) is 0 Å². The van der Waals surface area contributed by atoms with E-state index in [2.05, 4.69) is 25.9 Å². The maximum atomic E-state index is 13.3. The van der Waals surface area contributed by atoms with Gasteiger partial charge < -0.3 is 4.74 Å². The summed E-state index contributed by atoms with van der Waals surface area (Å²) in [5, 5.41) is -0.456. The van der Waals surface area contributed by atoms with Crippen LogP contribution in [-0.2, 0) is 5.92 Å². The summed E-state index contributed by atoms with van der Waals surface area (Å²) in [4.78, 5) is 6.36. The summed E-state index contributed by atoms with van der Waals surface area (Å²) in [5.41, 5.74) is -0.245. The van der Waals surface area contributed by atoms with E-state index in [9.17, 15) is 22.0 Å². The molecule has 0 spiro atoms. The van der Waals surface area contributed by atoms with Gasteiger partial charge in [0, 0.05) is 4.47 Å². The summed E-state index contributed by atoms with van der Waals surface area (Å²) in [6.45, 7) is 0. The van der Waals surface area contributed by atoms with Gasteiger partial charge in [0.25, 0.3) is 0 Å². The lowest BCUT2D eigenvalue weighted by molar-refractivity contribution is -0.292. The minimum absolute atomic E-state index is 0.00303. The molecule has 0 aliphatic carbocycles. The Labute approximate surface area is 128 Å². The summed E-state index contributed by atoms with van der Waals surface area (Å²) in [6, 6.07) is 2.84. The standard InChI is InChI=1S/C11H5BrClF5N2O/c1-21-5-3-2-4(12)6-7(5)19-9(20-8(6)13)10(14,15)11(16,17)18/h2-3H,1H3. The molecule has 1 aromatic heterocycles. The minimum Gasteiger partial charge on any atom is -0.494 e. The number of halogens is 7. The second-order valence-corrected chi connectivity index (χ2v) is 5.10. The van der Waals surface area contributed by atoms with Gasteiger partial charge in [-0.25, -0.2) is 9.97 Å². The predicted octanol–water partition coefficient (Wildman–Crippen LogP) is 4.71. The second kappa shape index (κ2) is 5.20. The highest BCUT2D eigenvalue weighted by atomic mass is 79.9. The van der Waals surface area contributed by atoms with Crippen LogP contribution < -0.4 is 4.74 Å². The highest BCUT2D eigenvalue weighted by Crippen LogP contribution is 2.44. The first-order valence-corrected chi connectivity index (χ1v) is 6.41. The lowest BCUT2D eigenvalue weighted by Gasteiger charge is -2.19. The van der Waals surface area contributed by atoms with Gasteiger partial charge in [-0.2, -0.15) is 22.0 Å². The number of alkyl halides is 5. The normalized spacial score (nSPS) is 12.8. The van der Waals surface area contributed by atoms with Crippen LogP contribution in [0.15, 0.2) is 16.6 Å². The molecule has 2 aromatic rings. The summed E-state index contributed by atoms with van der Waals surface area (Å²) in [5.74, 6) is -6.96. The fraction of sp³-hybridized carbons (Fsp3) is 0.273. The molecule has 0 unspecified atom stereocenters. The molecule has 21 heavy (non-hydrogen) atoms. The van der Waals surface area contributed by atoms with Crippen LogP contribution in [0.1, 0.15) is 5.82 Å². The monoisotopic (exact) mass is 390 g/mol. The molecule has 0 fully saturated rings. The first-order chi connectivity index (χ1) is 9.59. The third-order valence-corrected chi connectivity index (χ3v) is 3.51. The van der Waals surface area contributed by atoms with Crippen LogP contribution in [0.25, 0.3) is 10.9 Å². The Hall–Kier alpha value is -1.22. The first-order valence-electron chi connectivity index (χ1n) is 5.24. The maximum Gasteiger partial charge on any atom is 0.461 e. The molecule has 0 saturated heterocycles. The van der Waals surface area contributed by atoms with Crippen LogP contribution in [0, 0.1) is 0 Å². The van der Waals surface area contributed by atoms with Crippen LogP contribution in [0.2, 0.25) is 5.15 Å². The number of aromatic nitrogens is 2. The number of hydrogen-bond donors (Lipinski definition) is 0. The Bertz CT molecular complexity index is 707. The molecule has 0 aliphatic rings. The zero-order valence-corrected chi connectivity index (χ0v) is 12.4. The number of fused-ring (bicyclic) bond motifs is 1. The second-order valence-electron chi connectivity index (χ2n) is 3.88. The topological polar surface area (TPSA) is 35.0 Å². The third-order valence-electron chi connectivity index (χ3n) is 2.57. The van der Waals surface area contributed by atoms with Crippen LogP contribution in [0.4, 0.5) is 22.0 Å².